The number of piperidine rings is 1. The molecule has 1 N–H and O–H groups in total. The molecule has 2 aromatic carbocycles. The van der Waals surface area contributed by atoms with Crippen LogP contribution >= 0.6 is 0 Å². The Morgan fingerprint density at radius 1 is 1.20 bits per heavy atom. The summed E-state index contributed by atoms with van der Waals surface area (Å²) in [5.41, 5.74) is 3.03. The van der Waals surface area contributed by atoms with E-state index >= 15 is 0 Å². The number of aromatic nitrogens is 1. The molecule has 1 atom stereocenters. The predicted molar refractivity (Wildman–Crippen MR) is 94.4 cm³/mol. The van der Waals surface area contributed by atoms with Gasteiger partial charge in [0, 0.05) is 6.54 Å². The van der Waals surface area contributed by atoms with Gasteiger partial charge in [0.15, 0.2) is 5.58 Å². The topological polar surface area (TPSA) is 66.6 Å². The Kier molecular flexibility index (Phi) is 4.24. The van der Waals surface area contributed by atoms with Gasteiger partial charge in [0.05, 0.1) is 11.6 Å². The molecule has 5 nitrogen and oxygen atoms in total. The van der Waals surface area contributed by atoms with Gasteiger partial charge in [0.1, 0.15) is 5.52 Å². The van der Waals surface area contributed by atoms with E-state index in [0.717, 1.165) is 48.4 Å². The number of hydrogen-bond donors (Lipinski definition) is 1. The highest BCUT2D eigenvalue weighted by atomic mass is 16.4. The predicted octanol–water partition coefficient (Wildman–Crippen LogP) is 4.25. The minimum Gasteiger partial charge on any atom is -0.478 e. The number of para-hydroxylation sites is 2. The molecule has 5 heteroatoms. The quantitative estimate of drug-likeness (QED) is 0.771. The summed E-state index contributed by atoms with van der Waals surface area (Å²) in [5.74, 6) is -0.133. The third-order valence-corrected chi connectivity index (χ3v) is 4.77. The number of likely N-dealkylation sites (tertiary alicyclic amines) is 1. The largest absolute Gasteiger partial charge is 0.478 e. The van der Waals surface area contributed by atoms with Crippen LogP contribution in [0.2, 0.25) is 0 Å². The molecule has 0 spiro atoms. The van der Waals surface area contributed by atoms with Crippen LogP contribution in [0.15, 0.2) is 52.9 Å². The zero-order valence-corrected chi connectivity index (χ0v) is 13.9. The fourth-order valence-electron chi connectivity index (χ4n) is 3.53. The normalized spacial score (nSPS) is 18.5. The van der Waals surface area contributed by atoms with Crippen LogP contribution in [0.3, 0.4) is 0 Å². The first-order valence-corrected chi connectivity index (χ1v) is 8.62. The fourth-order valence-corrected chi connectivity index (χ4v) is 3.53. The van der Waals surface area contributed by atoms with Crippen LogP contribution in [0.25, 0.3) is 11.1 Å². The van der Waals surface area contributed by atoms with E-state index in [1.807, 2.05) is 30.3 Å². The third kappa shape index (κ3) is 3.28. The first kappa shape index (κ1) is 15.8. The minimum atomic E-state index is -0.893. The van der Waals surface area contributed by atoms with E-state index in [4.69, 9.17) is 4.42 Å². The van der Waals surface area contributed by atoms with Gasteiger partial charge in [-0.05, 0) is 49.2 Å². The standard InChI is InChI=1S/C20H20N2O3/c23-20(24)15-7-5-6-14(12-15)13-22-11-4-3-9-17(22)19-21-16-8-1-2-10-18(16)25-19/h1-2,5-8,10,12,17H,3-4,9,11,13H2,(H,23,24). The van der Waals surface area contributed by atoms with Crippen molar-refractivity contribution in [1.82, 2.24) is 9.88 Å². The van der Waals surface area contributed by atoms with Crippen molar-refractivity contribution in [3.8, 4) is 0 Å². The Bertz CT molecular complexity index is 870. The summed E-state index contributed by atoms with van der Waals surface area (Å²) in [6, 6.07) is 15.1. The molecule has 0 bridgehead atoms. The highest BCUT2D eigenvalue weighted by Crippen LogP contribution is 2.33. The van der Waals surface area contributed by atoms with Crippen molar-refractivity contribution in [2.75, 3.05) is 6.54 Å². The van der Waals surface area contributed by atoms with Crippen molar-refractivity contribution in [1.29, 1.82) is 0 Å². The number of hydrogen-bond acceptors (Lipinski definition) is 4. The van der Waals surface area contributed by atoms with Crippen LogP contribution in [0.4, 0.5) is 0 Å². The Morgan fingerprint density at radius 3 is 2.92 bits per heavy atom. The molecule has 1 fully saturated rings. The maximum absolute atomic E-state index is 11.2. The number of fused-ring (bicyclic) bond motifs is 1. The SMILES string of the molecule is O=C(O)c1cccc(CN2CCCCC2c2nc3ccccc3o2)c1. The molecule has 1 aliphatic heterocycles. The molecule has 0 radical (unpaired) electrons. The lowest BCUT2D eigenvalue weighted by Crippen LogP contribution is -2.33. The van der Waals surface area contributed by atoms with Crippen molar-refractivity contribution in [3.05, 3.63) is 65.5 Å². The lowest BCUT2D eigenvalue weighted by Gasteiger charge is -2.33. The van der Waals surface area contributed by atoms with Gasteiger partial charge < -0.3 is 9.52 Å². The Hall–Kier alpha value is -2.66. The van der Waals surface area contributed by atoms with E-state index in [9.17, 15) is 9.90 Å². The van der Waals surface area contributed by atoms with Crippen LogP contribution in [-0.2, 0) is 6.54 Å². The smallest absolute Gasteiger partial charge is 0.335 e. The Balaban J connectivity index is 1.60. The number of benzene rings is 2. The van der Waals surface area contributed by atoms with Gasteiger partial charge in [-0.1, -0.05) is 30.7 Å². The van der Waals surface area contributed by atoms with Gasteiger partial charge in [-0.15, -0.1) is 0 Å². The van der Waals surface area contributed by atoms with Gasteiger partial charge in [-0.2, -0.15) is 0 Å². The number of carboxylic acids is 1. The number of nitrogens with zero attached hydrogens (tertiary/aromatic N) is 2. The Labute approximate surface area is 145 Å². The van der Waals surface area contributed by atoms with Gasteiger partial charge in [-0.3, -0.25) is 4.90 Å². The summed E-state index contributed by atoms with van der Waals surface area (Å²) in [7, 11) is 0. The second-order valence-corrected chi connectivity index (χ2v) is 6.51. The lowest BCUT2D eigenvalue weighted by atomic mass is 10.0. The molecule has 0 saturated carbocycles. The van der Waals surface area contributed by atoms with Crippen LogP contribution in [0.5, 0.6) is 0 Å². The van der Waals surface area contributed by atoms with Crippen molar-refractivity contribution in [2.24, 2.45) is 0 Å². The van der Waals surface area contributed by atoms with Crippen molar-refractivity contribution in [3.63, 3.8) is 0 Å². The van der Waals surface area contributed by atoms with Gasteiger partial charge >= 0.3 is 5.97 Å². The fraction of sp³-hybridized carbons (Fsp3) is 0.300. The molecular formula is C20H20N2O3. The van der Waals surface area contributed by atoms with Crippen molar-refractivity contribution < 1.29 is 14.3 Å². The number of rotatable bonds is 4. The zero-order chi connectivity index (χ0) is 17.2. The van der Waals surface area contributed by atoms with Crippen LogP contribution in [0, 0.1) is 0 Å². The molecule has 0 amide bonds. The average molecular weight is 336 g/mol. The highest BCUT2D eigenvalue weighted by molar-refractivity contribution is 5.87. The molecule has 1 aliphatic rings. The second kappa shape index (κ2) is 6.69. The zero-order valence-electron chi connectivity index (χ0n) is 13.9. The van der Waals surface area contributed by atoms with E-state index in [1.165, 1.54) is 0 Å². The van der Waals surface area contributed by atoms with E-state index in [1.54, 1.807) is 18.2 Å². The summed E-state index contributed by atoms with van der Waals surface area (Å²) < 4.78 is 5.99. The number of carbonyl (C=O) groups is 1. The number of oxazole rings is 1. The van der Waals surface area contributed by atoms with Gasteiger partial charge in [0.25, 0.3) is 0 Å². The molecule has 128 valence electrons. The Morgan fingerprint density at radius 2 is 2.08 bits per heavy atom. The molecule has 25 heavy (non-hydrogen) atoms. The molecule has 4 rings (SSSR count). The highest BCUT2D eigenvalue weighted by Gasteiger charge is 2.28. The molecule has 2 heterocycles. The summed E-state index contributed by atoms with van der Waals surface area (Å²) in [6.45, 7) is 1.66. The average Bonchev–Trinajstić information content (AvgIpc) is 3.06. The molecule has 1 saturated heterocycles. The van der Waals surface area contributed by atoms with E-state index in [-0.39, 0.29) is 6.04 Å². The van der Waals surface area contributed by atoms with E-state index in [0.29, 0.717) is 12.1 Å². The van der Waals surface area contributed by atoms with Crippen molar-refractivity contribution in [2.45, 2.75) is 31.8 Å². The van der Waals surface area contributed by atoms with Crippen LogP contribution < -0.4 is 0 Å². The van der Waals surface area contributed by atoms with Crippen LogP contribution in [-0.4, -0.2) is 27.5 Å². The molecule has 3 aromatic rings. The maximum atomic E-state index is 11.2. The second-order valence-electron chi connectivity index (χ2n) is 6.51. The molecule has 0 aliphatic carbocycles. The summed E-state index contributed by atoms with van der Waals surface area (Å²) in [5, 5.41) is 9.19. The summed E-state index contributed by atoms with van der Waals surface area (Å²) >= 11 is 0. The van der Waals surface area contributed by atoms with Crippen molar-refractivity contribution >= 4 is 17.1 Å². The minimum absolute atomic E-state index is 0.134. The van der Waals surface area contributed by atoms with Gasteiger partial charge in [0.2, 0.25) is 5.89 Å². The molecule has 1 unspecified atom stereocenters. The number of aromatic carboxylic acids is 1. The first-order valence-electron chi connectivity index (χ1n) is 8.62. The van der Waals surface area contributed by atoms with Gasteiger partial charge in [-0.25, -0.2) is 9.78 Å². The molecule has 1 aromatic heterocycles. The lowest BCUT2D eigenvalue weighted by molar-refractivity contribution is 0.0696. The summed E-state index contributed by atoms with van der Waals surface area (Å²) in [4.78, 5) is 18.2. The monoisotopic (exact) mass is 336 g/mol. The van der Waals surface area contributed by atoms with E-state index < -0.39 is 5.97 Å². The van der Waals surface area contributed by atoms with E-state index in [2.05, 4.69) is 9.88 Å². The molecular weight excluding hydrogens is 316 g/mol. The maximum Gasteiger partial charge on any atom is 0.335 e. The first-order chi connectivity index (χ1) is 12.2. The van der Waals surface area contributed by atoms with Crippen LogP contribution in [0.1, 0.15) is 47.1 Å². The summed E-state index contributed by atoms with van der Waals surface area (Å²) in [6.07, 6.45) is 3.29. The third-order valence-electron chi connectivity index (χ3n) is 4.77. The number of carboxylic acid groups (broad SMARTS) is 1.